The third-order valence-electron chi connectivity index (χ3n) is 2.62. The lowest BCUT2D eigenvalue weighted by atomic mass is 9.99. The van der Waals surface area contributed by atoms with Gasteiger partial charge in [-0.15, -0.1) is 0 Å². The number of rotatable bonds is 9. The lowest BCUT2D eigenvalue weighted by Gasteiger charge is -2.24. The Balaban J connectivity index is 4.23. The van der Waals surface area contributed by atoms with Gasteiger partial charge in [-0.1, -0.05) is 6.55 Å². The molecule has 0 aromatic rings. The van der Waals surface area contributed by atoms with Crippen LogP contribution in [0.2, 0.25) is 25.7 Å². The molecule has 0 aromatic heterocycles. The van der Waals surface area contributed by atoms with Gasteiger partial charge in [0.2, 0.25) is 0 Å². The van der Waals surface area contributed by atoms with Crippen molar-refractivity contribution in [3.8, 4) is 0 Å². The van der Waals surface area contributed by atoms with E-state index in [2.05, 4.69) is 19.6 Å². The van der Waals surface area contributed by atoms with E-state index in [9.17, 15) is 9.59 Å². The molecule has 0 saturated carbocycles. The summed E-state index contributed by atoms with van der Waals surface area (Å²) in [4.78, 5) is 21.3. The van der Waals surface area contributed by atoms with Gasteiger partial charge < -0.3 is 14.3 Å². The second-order valence-electron chi connectivity index (χ2n) is 4.79. The minimum Gasteiger partial charge on any atom is -0.481 e. The molecule has 7 heteroatoms. The molecular formula is C10H22O5Si2. The lowest BCUT2D eigenvalue weighted by molar-refractivity contribution is -0.140. The van der Waals surface area contributed by atoms with Gasteiger partial charge in [0.05, 0.1) is 0 Å². The minimum absolute atomic E-state index is 0.0691. The second-order valence-corrected chi connectivity index (χ2v) is 10.5. The molecule has 100 valence electrons. The van der Waals surface area contributed by atoms with Gasteiger partial charge >= 0.3 is 11.9 Å². The molecule has 0 radical (unpaired) electrons. The summed E-state index contributed by atoms with van der Waals surface area (Å²) in [6.07, 6.45) is 0.493. The van der Waals surface area contributed by atoms with Crippen LogP contribution in [0, 0.1) is 5.92 Å². The number of carboxylic acids is 2. The maximum atomic E-state index is 10.6. The predicted octanol–water partition coefficient (Wildman–Crippen LogP) is 1.30. The fourth-order valence-electron chi connectivity index (χ4n) is 1.78. The Labute approximate surface area is 105 Å². The summed E-state index contributed by atoms with van der Waals surface area (Å²) in [5, 5.41) is 17.4. The number of hydrogen-bond acceptors (Lipinski definition) is 3. The van der Waals surface area contributed by atoms with Gasteiger partial charge in [0.1, 0.15) is 9.76 Å². The highest BCUT2D eigenvalue weighted by atomic mass is 28.4. The van der Waals surface area contributed by atoms with Crippen LogP contribution in [0.4, 0.5) is 0 Å². The Bertz CT molecular complexity index is 251. The highest BCUT2D eigenvalue weighted by molar-refractivity contribution is 6.75. The van der Waals surface area contributed by atoms with E-state index in [4.69, 9.17) is 14.3 Å². The van der Waals surface area contributed by atoms with Crippen LogP contribution < -0.4 is 0 Å². The molecule has 0 unspecified atom stereocenters. The SMILES string of the molecule is C[SiH2]O[Si](C)(C)CCC(CC(=O)O)CC(=O)O. The van der Waals surface area contributed by atoms with Crippen molar-refractivity contribution in [1.29, 1.82) is 0 Å². The molecule has 0 fully saturated rings. The summed E-state index contributed by atoms with van der Waals surface area (Å²) >= 11 is 0. The Hall–Kier alpha value is -0.666. The number of aliphatic carboxylic acids is 2. The third kappa shape index (κ3) is 9.07. The Kier molecular flexibility index (Phi) is 7.32. The topological polar surface area (TPSA) is 83.8 Å². The largest absolute Gasteiger partial charge is 0.481 e. The molecule has 0 atom stereocenters. The summed E-state index contributed by atoms with van der Waals surface area (Å²) < 4.78 is 5.77. The Morgan fingerprint density at radius 1 is 1.24 bits per heavy atom. The first-order chi connectivity index (χ1) is 7.76. The molecule has 0 aliphatic carbocycles. The first kappa shape index (κ1) is 16.3. The average molecular weight is 278 g/mol. The van der Waals surface area contributed by atoms with E-state index in [1.54, 1.807) is 0 Å². The lowest BCUT2D eigenvalue weighted by Crippen LogP contribution is -2.32. The van der Waals surface area contributed by atoms with Gasteiger partial charge in [-0.05, 0) is 31.5 Å². The monoisotopic (exact) mass is 278 g/mol. The average Bonchev–Trinajstić information content (AvgIpc) is 2.12. The van der Waals surface area contributed by atoms with Crippen molar-refractivity contribution < 1.29 is 23.9 Å². The molecular weight excluding hydrogens is 256 g/mol. The fourth-order valence-corrected chi connectivity index (χ4v) is 6.59. The van der Waals surface area contributed by atoms with E-state index in [0.717, 1.165) is 6.04 Å². The molecule has 2 N–H and O–H groups in total. The van der Waals surface area contributed by atoms with Crippen LogP contribution >= 0.6 is 0 Å². The minimum atomic E-state index is -1.69. The van der Waals surface area contributed by atoms with Gasteiger partial charge in [-0.3, -0.25) is 9.59 Å². The zero-order valence-corrected chi connectivity index (χ0v) is 13.1. The fraction of sp³-hybridized carbons (Fsp3) is 0.800. The highest BCUT2D eigenvalue weighted by Crippen LogP contribution is 2.22. The van der Waals surface area contributed by atoms with Crippen molar-refractivity contribution in [2.75, 3.05) is 0 Å². The normalized spacial score (nSPS) is 12.5. The van der Waals surface area contributed by atoms with Gasteiger partial charge in [0, 0.05) is 12.8 Å². The highest BCUT2D eigenvalue weighted by Gasteiger charge is 2.25. The van der Waals surface area contributed by atoms with Crippen LogP contribution in [-0.4, -0.2) is 40.2 Å². The smallest absolute Gasteiger partial charge is 0.303 e. The van der Waals surface area contributed by atoms with E-state index >= 15 is 0 Å². The van der Waals surface area contributed by atoms with Gasteiger partial charge in [0.15, 0.2) is 8.32 Å². The summed E-state index contributed by atoms with van der Waals surface area (Å²) in [5.41, 5.74) is 0. The Morgan fingerprint density at radius 3 is 2.06 bits per heavy atom. The molecule has 0 rings (SSSR count). The molecule has 0 aromatic carbocycles. The van der Waals surface area contributed by atoms with Crippen molar-refractivity contribution in [3.05, 3.63) is 0 Å². The van der Waals surface area contributed by atoms with E-state index < -0.39 is 30.0 Å². The van der Waals surface area contributed by atoms with Gasteiger partial charge in [-0.2, -0.15) is 0 Å². The summed E-state index contributed by atoms with van der Waals surface area (Å²) in [6.45, 7) is 6.27. The van der Waals surface area contributed by atoms with E-state index in [1.165, 1.54) is 0 Å². The van der Waals surface area contributed by atoms with Crippen LogP contribution in [-0.2, 0) is 13.7 Å². The molecule has 0 amide bonds. The van der Waals surface area contributed by atoms with Crippen molar-refractivity contribution in [2.24, 2.45) is 5.92 Å². The molecule has 17 heavy (non-hydrogen) atoms. The molecule has 5 nitrogen and oxygen atoms in total. The van der Waals surface area contributed by atoms with Gasteiger partial charge in [0.25, 0.3) is 0 Å². The molecule has 0 bridgehead atoms. The third-order valence-corrected chi connectivity index (χ3v) is 8.39. The second kappa shape index (κ2) is 7.62. The van der Waals surface area contributed by atoms with Crippen LogP contribution in [0.1, 0.15) is 19.3 Å². The van der Waals surface area contributed by atoms with Crippen LogP contribution in [0.5, 0.6) is 0 Å². The Morgan fingerprint density at radius 2 is 1.71 bits per heavy atom. The molecule has 0 aliphatic heterocycles. The first-order valence-electron chi connectivity index (χ1n) is 5.84. The van der Waals surface area contributed by atoms with Crippen LogP contribution in [0.25, 0.3) is 0 Å². The maximum Gasteiger partial charge on any atom is 0.303 e. The van der Waals surface area contributed by atoms with Crippen molar-refractivity contribution in [2.45, 2.75) is 44.9 Å². The van der Waals surface area contributed by atoms with E-state index in [-0.39, 0.29) is 18.8 Å². The zero-order valence-electron chi connectivity index (χ0n) is 10.7. The van der Waals surface area contributed by atoms with Crippen LogP contribution in [0.15, 0.2) is 0 Å². The standard InChI is InChI=1S/C10H22O5Si2/c1-16-15-17(2,3)5-4-8(6-9(11)12)7-10(13)14/h8H,4-7,16H2,1-3H3,(H,11,12)(H,13,14). The van der Waals surface area contributed by atoms with Crippen molar-refractivity contribution in [1.82, 2.24) is 0 Å². The van der Waals surface area contributed by atoms with E-state index in [0.29, 0.717) is 6.42 Å². The maximum absolute atomic E-state index is 10.6. The number of carboxylic acid groups (broad SMARTS) is 2. The number of hydrogen-bond donors (Lipinski definition) is 2. The van der Waals surface area contributed by atoms with Gasteiger partial charge in [-0.25, -0.2) is 0 Å². The predicted molar refractivity (Wildman–Crippen MR) is 70.4 cm³/mol. The number of carbonyl (C=O) groups is 2. The first-order valence-corrected chi connectivity index (χ1v) is 10.9. The van der Waals surface area contributed by atoms with Crippen molar-refractivity contribution >= 4 is 30.0 Å². The quantitative estimate of drug-likeness (QED) is 0.621. The molecule has 0 saturated heterocycles. The molecule has 0 spiro atoms. The van der Waals surface area contributed by atoms with Crippen molar-refractivity contribution in [3.63, 3.8) is 0 Å². The zero-order chi connectivity index (χ0) is 13.5. The van der Waals surface area contributed by atoms with Crippen LogP contribution in [0.3, 0.4) is 0 Å². The summed E-state index contributed by atoms with van der Waals surface area (Å²) in [5.74, 6) is -2.14. The summed E-state index contributed by atoms with van der Waals surface area (Å²) in [7, 11) is -2.14. The molecule has 0 aliphatic rings. The molecule has 0 heterocycles. The van der Waals surface area contributed by atoms with E-state index in [1.807, 2.05) is 0 Å². The summed E-state index contributed by atoms with van der Waals surface area (Å²) in [6, 6.07) is 0.832.